The van der Waals surface area contributed by atoms with Crippen LogP contribution in [0.25, 0.3) is 5.65 Å². The van der Waals surface area contributed by atoms with Crippen molar-refractivity contribution in [3.8, 4) is 0 Å². The minimum absolute atomic E-state index is 0.218. The number of anilines is 1. The van der Waals surface area contributed by atoms with Crippen molar-refractivity contribution in [2.24, 2.45) is 0 Å². The predicted octanol–water partition coefficient (Wildman–Crippen LogP) is 2.49. The zero-order chi connectivity index (χ0) is 16.4. The number of nitrogens with zero attached hydrogens (tertiary/aromatic N) is 2. The topological polar surface area (TPSA) is 63.5 Å². The molecule has 1 N–H and O–H groups in total. The van der Waals surface area contributed by atoms with Gasteiger partial charge in [-0.2, -0.15) is 0 Å². The second-order valence-electron chi connectivity index (χ2n) is 5.52. The van der Waals surface area contributed by atoms with Gasteiger partial charge in [0.15, 0.2) is 0 Å². The fraction of sp³-hybridized carbons (Fsp3) is 0.167. The van der Waals surface area contributed by atoms with Crippen molar-refractivity contribution in [1.29, 1.82) is 0 Å². The molecule has 3 rings (SSSR count). The molecule has 3 aromatic rings. The third kappa shape index (κ3) is 3.13. The lowest BCUT2D eigenvalue weighted by atomic mass is 10.1. The summed E-state index contributed by atoms with van der Waals surface area (Å²) in [6.07, 6.45) is 1.94. The summed E-state index contributed by atoms with van der Waals surface area (Å²) in [5.74, 6) is -0.231. The third-order valence-corrected chi connectivity index (χ3v) is 3.62. The van der Waals surface area contributed by atoms with Gasteiger partial charge in [0.25, 0.3) is 5.56 Å². The molecule has 0 spiro atoms. The zero-order valence-corrected chi connectivity index (χ0v) is 13.0. The van der Waals surface area contributed by atoms with Crippen LogP contribution in [0.5, 0.6) is 0 Å². The largest absolute Gasteiger partial charge is 0.320 e. The van der Waals surface area contributed by atoms with Crippen LogP contribution in [-0.2, 0) is 11.2 Å². The van der Waals surface area contributed by atoms with E-state index in [1.54, 1.807) is 19.2 Å². The van der Waals surface area contributed by atoms with Gasteiger partial charge in [-0.05, 0) is 31.0 Å². The highest BCUT2D eigenvalue weighted by molar-refractivity contribution is 5.92. The molecule has 1 aromatic carbocycles. The first-order valence-electron chi connectivity index (χ1n) is 7.38. The van der Waals surface area contributed by atoms with Gasteiger partial charge < -0.3 is 5.32 Å². The smallest absolute Gasteiger partial charge is 0.281 e. The van der Waals surface area contributed by atoms with Crippen LogP contribution in [0.15, 0.2) is 53.5 Å². The second-order valence-corrected chi connectivity index (χ2v) is 5.52. The summed E-state index contributed by atoms with van der Waals surface area (Å²) in [5, 5.41) is 2.70. The Morgan fingerprint density at radius 3 is 2.61 bits per heavy atom. The van der Waals surface area contributed by atoms with E-state index in [1.807, 2.05) is 43.3 Å². The van der Waals surface area contributed by atoms with Gasteiger partial charge in [-0.25, -0.2) is 4.98 Å². The average Bonchev–Trinajstić information content (AvgIpc) is 2.53. The quantitative estimate of drug-likeness (QED) is 0.808. The molecule has 1 amide bonds. The van der Waals surface area contributed by atoms with Crippen LogP contribution in [-0.4, -0.2) is 15.3 Å². The second kappa shape index (κ2) is 6.04. The maximum atomic E-state index is 12.6. The van der Waals surface area contributed by atoms with Crippen molar-refractivity contribution in [3.05, 3.63) is 75.8 Å². The molecule has 0 aliphatic heterocycles. The summed E-state index contributed by atoms with van der Waals surface area (Å²) in [6.45, 7) is 3.62. The summed E-state index contributed by atoms with van der Waals surface area (Å²) in [4.78, 5) is 29.2. The third-order valence-electron chi connectivity index (χ3n) is 3.62. The first-order chi connectivity index (χ1) is 11.0. The Bertz CT molecular complexity index is 930. The molecule has 116 valence electrons. The number of benzene rings is 1. The number of rotatable bonds is 3. The van der Waals surface area contributed by atoms with Gasteiger partial charge in [0.1, 0.15) is 11.3 Å². The standard InChI is InChI=1S/C18H17N3O2/c1-12-8-9-15-19-13(2)17(18(23)21(15)11-12)20-16(22)10-14-6-4-3-5-7-14/h3-9,11H,10H2,1-2H3,(H,20,22). The Hall–Kier alpha value is -2.95. The number of carbonyl (C=O) groups is 1. The fourth-order valence-corrected chi connectivity index (χ4v) is 2.46. The molecule has 2 heterocycles. The summed E-state index contributed by atoms with van der Waals surface area (Å²) in [7, 11) is 0. The molecule has 0 radical (unpaired) electrons. The Balaban J connectivity index is 1.93. The lowest BCUT2D eigenvalue weighted by Crippen LogP contribution is -2.26. The maximum absolute atomic E-state index is 12.6. The van der Waals surface area contributed by atoms with Crippen molar-refractivity contribution >= 4 is 17.2 Å². The molecule has 0 aliphatic rings. The average molecular weight is 307 g/mol. The van der Waals surface area contributed by atoms with E-state index in [0.717, 1.165) is 11.1 Å². The van der Waals surface area contributed by atoms with Gasteiger partial charge in [-0.15, -0.1) is 0 Å². The van der Waals surface area contributed by atoms with Crippen molar-refractivity contribution < 1.29 is 4.79 Å². The van der Waals surface area contributed by atoms with E-state index >= 15 is 0 Å². The molecule has 5 heteroatoms. The molecule has 0 saturated carbocycles. The highest BCUT2D eigenvalue weighted by Crippen LogP contribution is 2.10. The fourth-order valence-electron chi connectivity index (χ4n) is 2.46. The molecule has 2 aromatic heterocycles. The molecule has 23 heavy (non-hydrogen) atoms. The van der Waals surface area contributed by atoms with Crippen LogP contribution in [0.3, 0.4) is 0 Å². The van der Waals surface area contributed by atoms with Crippen LogP contribution >= 0.6 is 0 Å². The van der Waals surface area contributed by atoms with E-state index in [4.69, 9.17) is 0 Å². The van der Waals surface area contributed by atoms with Gasteiger partial charge >= 0.3 is 0 Å². The molecular formula is C18H17N3O2. The van der Waals surface area contributed by atoms with Crippen LogP contribution in [0.1, 0.15) is 16.8 Å². The monoisotopic (exact) mass is 307 g/mol. The molecule has 0 atom stereocenters. The molecule has 0 saturated heterocycles. The molecular weight excluding hydrogens is 290 g/mol. The van der Waals surface area contributed by atoms with Crippen molar-refractivity contribution in [2.75, 3.05) is 5.32 Å². The Morgan fingerprint density at radius 1 is 1.13 bits per heavy atom. The predicted molar refractivity (Wildman–Crippen MR) is 89.7 cm³/mol. The number of hydrogen-bond acceptors (Lipinski definition) is 3. The van der Waals surface area contributed by atoms with Gasteiger partial charge in [-0.1, -0.05) is 36.4 Å². The lowest BCUT2D eigenvalue weighted by molar-refractivity contribution is -0.115. The van der Waals surface area contributed by atoms with Crippen LogP contribution in [0.2, 0.25) is 0 Å². The Kier molecular flexibility index (Phi) is 3.93. The molecule has 0 bridgehead atoms. The zero-order valence-electron chi connectivity index (χ0n) is 13.0. The number of nitrogens with one attached hydrogen (secondary N) is 1. The van der Waals surface area contributed by atoms with E-state index in [9.17, 15) is 9.59 Å². The molecule has 0 unspecified atom stereocenters. The van der Waals surface area contributed by atoms with Gasteiger partial charge in [-0.3, -0.25) is 14.0 Å². The van der Waals surface area contributed by atoms with Crippen LogP contribution in [0, 0.1) is 13.8 Å². The first-order valence-corrected chi connectivity index (χ1v) is 7.38. The van der Waals surface area contributed by atoms with Crippen molar-refractivity contribution in [2.45, 2.75) is 20.3 Å². The van der Waals surface area contributed by atoms with Gasteiger partial charge in [0, 0.05) is 6.20 Å². The number of carbonyl (C=O) groups excluding carboxylic acids is 1. The number of aromatic nitrogens is 2. The summed E-state index contributed by atoms with van der Waals surface area (Å²) in [5.41, 5.74) is 2.89. The van der Waals surface area contributed by atoms with Crippen LogP contribution < -0.4 is 10.9 Å². The Morgan fingerprint density at radius 2 is 1.87 bits per heavy atom. The SMILES string of the molecule is Cc1ccc2nc(C)c(NC(=O)Cc3ccccc3)c(=O)n2c1. The molecule has 0 aliphatic carbocycles. The highest BCUT2D eigenvalue weighted by atomic mass is 16.2. The number of aryl methyl sites for hydroxylation is 2. The van der Waals surface area contributed by atoms with Gasteiger partial charge in [0.05, 0.1) is 12.1 Å². The van der Waals surface area contributed by atoms with Crippen molar-refractivity contribution in [3.63, 3.8) is 0 Å². The van der Waals surface area contributed by atoms with Crippen molar-refractivity contribution in [1.82, 2.24) is 9.38 Å². The molecule has 5 nitrogen and oxygen atoms in total. The van der Waals surface area contributed by atoms with E-state index < -0.39 is 0 Å². The summed E-state index contributed by atoms with van der Waals surface area (Å²) >= 11 is 0. The maximum Gasteiger partial charge on any atom is 0.281 e. The lowest BCUT2D eigenvalue weighted by Gasteiger charge is -2.10. The van der Waals surface area contributed by atoms with E-state index in [0.29, 0.717) is 11.3 Å². The minimum atomic E-state index is -0.266. The van der Waals surface area contributed by atoms with E-state index in [-0.39, 0.29) is 23.6 Å². The Labute approximate surface area is 133 Å². The number of fused-ring (bicyclic) bond motifs is 1. The molecule has 0 fully saturated rings. The summed E-state index contributed by atoms with van der Waals surface area (Å²) in [6, 6.07) is 13.1. The number of hydrogen-bond donors (Lipinski definition) is 1. The number of pyridine rings is 1. The highest BCUT2D eigenvalue weighted by Gasteiger charge is 2.13. The summed E-state index contributed by atoms with van der Waals surface area (Å²) < 4.78 is 1.46. The first kappa shape index (κ1) is 15.0. The minimum Gasteiger partial charge on any atom is -0.320 e. The normalized spacial score (nSPS) is 10.7. The van der Waals surface area contributed by atoms with E-state index in [1.165, 1.54) is 4.40 Å². The van der Waals surface area contributed by atoms with Gasteiger partial charge in [0.2, 0.25) is 5.91 Å². The van der Waals surface area contributed by atoms with E-state index in [2.05, 4.69) is 10.3 Å². The number of amides is 1. The van der Waals surface area contributed by atoms with Crippen LogP contribution in [0.4, 0.5) is 5.69 Å².